The quantitative estimate of drug-likeness (QED) is 0.542. The first-order valence-corrected chi connectivity index (χ1v) is 3.47. The van der Waals surface area contributed by atoms with Crippen molar-refractivity contribution >= 4 is 0 Å². The van der Waals surface area contributed by atoms with Crippen molar-refractivity contribution in [3.63, 3.8) is 0 Å². The molecular formula is C7H15NO. The molecule has 1 aliphatic heterocycles. The lowest BCUT2D eigenvalue weighted by Gasteiger charge is -1.98. The van der Waals surface area contributed by atoms with Crippen LogP contribution in [-0.4, -0.2) is 23.8 Å². The van der Waals surface area contributed by atoms with Crippen molar-refractivity contribution in [3.8, 4) is 0 Å². The molecule has 1 aliphatic rings. The average Bonchev–Trinajstić information content (AvgIpc) is 2.43. The average molecular weight is 130 g/mol. The van der Waals surface area contributed by atoms with Gasteiger partial charge in [-0.2, -0.15) is 0 Å². The van der Waals surface area contributed by atoms with E-state index in [9.17, 15) is 0 Å². The van der Waals surface area contributed by atoms with Crippen molar-refractivity contribution in [2.75, 3.05) is 6.58 Å². The first-order chi connectivity index (χ1) is 4.61. The van der Waals surface area contributed by atoms with Crippen molar-refractivity contribution in [2.24, 2.45) is 5.92 Å². The highest BCUT2D eigenvalue weighted by Crippen LogP contribution is 2.18. The second-order valence-corrected chi connectivity index (χ2v) is 3.08. The van der Waals surface area contributed by atoms with E-state index in [1.54, 1.807) is 0 Å². The van der Waals surface area contributed by atoms with Gasteiger partial charge in [-0.15, -0.1) is 0 Å². The molecule has 0 spiro atoms. The van der Waals surface area contributed by atoms with E-state index in [4.69, 9.17) is 6.48 Å². The van der Waals surface area contributed by atoms with Crippen molar-refractivity contribution < 1.29 is 6.48 Å². The van der Waals surface area contributed by atoms with Crippen molar-refractivity contribution in [1.82, 2.24) is 5.32 Å². The lowest BCUT2D eigenvalue weighted by molar-refractivity contribution is 0.292. The molecule has 1 unspecified atom stereocenters. The zero-order valence-corrected chi connectivity index (χ0v) is 5.96. The SMILES string of the molecule is [2H]C(O)[C@@H]1N[C@H]1CC(C)C. The van der Waals surface area contributed by atoms with Gasteiger partial charge in [-0.05, 0) is 12.3 Å². The van der Waals surface area contributed by atoms with E-state index in [-0.39, 0.29) is 6.04 Å². The maximum Gasteiger partial charge on any atom is 0.0599 e. The highest BCUT2D eigenvalue weighted by atomic mass is 16.3. The number of aliphatic hydroxyl groups excluding tert-OH is 1. The van der Waals surface area contributed by atoms with Crippen LogP contribution in [0.3, 0.4) is 0 Å². The number of nitrogens with one attached hydrogen (secondary N) is 1. The number of hydrogen-bond donors (Lipinski definition) is 2. The molecule has 9 heavy (non-hydrogen) atoms. The van der Waals surface area contributed by atoms with Crippen LogP contribution in [0, 0.1) is 5.92 Å². The minimum atomic E-state index is -0.927. The smallest absolute Gasteiger partial charge is 0.0599 e. The molecule has 0 radical (unpaired) electrons. The Balaban J connectivity index is 2.13. The Morgan fingerprint density at radius 1 is 1.67 bits per heavy atom. The standard InChI is InChI=1S/C7H15NO/c1-5(2)3-6-7(4-9)8-6/h5-9H,3-4H2,1-2H3/t6-,7-/m0/s1/i4D/t4?,6-,7-. The molecular weight excluding hydrogens is 114 g/mol. The summed E-state index contributed by atoms with van der Waals surface area (Å²) in [6.45, 7) is 3.37. The molecule has 2 nitrogen and oxygen atoms in total. The highest BCUT2D eigenvalue weighted by Gasteiger charge is 2.34. The molecule has 0 aromatic carbocycles. The normalized spacial score (nSPS) is 38.4. The van der Waals surface area contributed by atoms with Crippen molar-refractivity contribution in [3.05, 3.63) is 0 Å². The fourth-order valence-electron chi connectivity index (χ4n) is 1.06. The summed E-state index contributed by atoms with van der Waals surface area (Å²) in [4.78, 5) is 0. The second-order valence-electron chi connectivity index (χ2n) is 3.08. The molecule has 1 fully saturated rings. The van der Waals surface area contributed by atoms with Crippen LogP contribution in [-0.2, 0) is 0 Å². The van der Waals surface area contributed by atoms with Crippen LogP contribution in [0.25, 0.3) is 0 Å². The van der Waals surface area contributed by atoms with Crippen LogP contribution < -0.4 is 5.32 Å². The summed E-state index contributed by atoms with van der Waals surface area (Å²) in [5, 5.41) is 11.8. The topological polar surface area (TPSA) is 42.2 Å². The molecule has 2 N–H and O–H groups in total. The first-order valence-electron chi connectivity index (χ1n) is 4.05. The molecule has 1 saturated heterocycles. The minimum Gasteiger partial charge on any atom is -0.395 e. The third kappa shape index (κ3) is 1.95. The first kappa shape index (κ1) is 5.69. The monoisotopic (exact) mass is 130 g/mol. The molecule has 0 aliphatic carbocycles. The fourth-order valence-corrected chi connectivity index (χ4v) is 1.06. The Labute approximate surface area is 57.7 Å². The Hall–Kier alpha value is -0.0800. The van der Waals surface area contributed by atoms with E-state index >= 15 is 0 Å². The van der Waals surface area contributed by atoms with Crippen molar-refractivity contribution in [1.29, 1.82) is 0 Å². The van der Waals surface area contributed by atoms with Crippen LogP contribution >= 0.6 is 0 Å². The maximum atomic E-state index is 8.78. The van der Waals surface area contributed by atoms with E-state index in [1.807, 2.05) is 0 Å². The van der Waals surface area contributed by atoms with Crippen LogP contribution in [0.1, 0.15) is 21.6 Å². The van der Waals surface area contributed by atoms with Gasteiger partial charge in [0, 0.05) is 12.1 Å². The predicted octanol–water partition coefficient (Wildman–Crippen LogP) is 0.365. The zero-order chi connectivity index (χ0) is 7.72. The van der Waals surface area contributed by atoms with Crippen LogP contribution in [0.15, 0.2) is 0 Å². The molecule has 2 heteroatoms. The van der Waals surface area contributed by atoms with E-state index in [2.05, 4.69) is 19.2 Å². The lowest BCUT2D eigenvalue weighted by Crippen LogP contribution is -2.01. The van der Waals surface area contributed by atoms with Gasteiger partial charge in [-0.3, -0.25) is 0 Å². The predicted molar refractivity (Wildman–Crippen MR) is 37.3 cm³/mol. The molecule has 0 saturated carbocycles. The summed E-state index contributed by atoms with van der Waals surface area (Å²) in [5.74, 6) is 0.654. The van der Waals surface area contributed by atoms with Gasteiger partial charge in [0.15, 0.2) is 0 Å². The summed E-state index contributed by atoms with van der Waals surface area (Å²) in [6, 6.07) is 0.440. The molecule has 0 amide bonds. The Morgan fingerprint density at radius 3 is 2.67 bits per heavy atom. The maximum absolute atomic E-state index is 8.78. The number of hydrogen-bond acceptors (Lipinski definition) is 2. The van der Waals surface area contributed by atoms with Crippen molar-refractivity contribution in [2.45, 2.75) is 32.4 Å². The highest BCUT2D eigenvalue weighted by molar-refractivity contribution is 4.97. The summed E-state index contributed by atoms with van der Waals surface area (Å²) in [6.07, 6.45) is 1.07. The van der Waals surface area contributed by atoms with Crippen LogP contribution in [0.4, 0.5) is 0 Å². The molecule has 3 atom stereocenters. The minimum absolute atomic E-state index is 0.0439. The third-order valence-electron chi connectivity index (χ3n) is 1.62. The van der Waals surface area contributed by atoms with Gasteiger partial charge in [0.25, 0.3) is 0 Å². The van der Waals surface area contributed by atoms with Gasteiger partial charge in [0.1, 0.15) is 0 Å². The Morgan fingerprint density at radius 2 is 2.33 bits per heavy atom. The largest absolute Gasteiger partial charge is 0.395 e. The number of rotatable bonds is 3. The Bertz CT molecular complexity index is 116. The molecule has 0 aromatic heterocycles. The molecule has 1 rings (SSSR count). The van der Waals surface area contributed by atoms with Gasteiger partial charge in [-0.25, -0.2) is 0 Å². The van der Waals surface area contributed by atoms with Gasteiger partial charge in [-0.1, -0.05) is 13.8 Å². The Kier molecular flexibility index (Phi) is 1.69. The van der Waals surface area contributed by atoms with E-state index in [0.717, 1.165) is 6.42 Å². The van der Waals surface area contributed by atoms with Gasteiger partial charge < -0.3 is 10.4 Å². The molecule has 1 heterocycles. The lowest BCUT2D eigenvalue weighted by atomic mass is 10.1. The third-order valence-corrected chi connectivity index (χ3v) is 1.62. The number of aliphatic hydroxyl groups is 1. The van der Waals surface area contributed by atoms with Gasteiger partial charge >= 0.3 is 0 Å². The van der Waals surface area contributed by atoms with E-state index in [0.29, 0.717) is 12.0 Å². The van der Waals surface area contributed by atoms with E-state index in [1.165, 1.54) is 0 Å². The summed E-state index contributed by atoms with van der Waals surface area (Å²) < 4.78 is 6.96. The zero-order valence-electron chi connectivity index (χ0n) is 6.96. The second kappa shape index (κ2) is 2.67. The molecule has 54 valence electrons. The van der Waals surface area contributed by atoms with Crippen LogP contribution in [0.5, 0.6) is 0 Å². The summed E-state index contributed by atoms with van der Waals surface area (Å²) in [7, 11) is 0. The fraction of sp³-hybridized carbons (Fsp3) is 1.00. The van der Waals surface area contributed by atoms with E-state index < -0.39 is 6.58 Å². The summed E-state index contributed by atoms with van der Waals surface area (Å²) >= 11 is 0. The molecule has 0 aromatic rings. The van der Waals surface area contributed by atoms with Gasteiger partial charge in [0.05, 0.1) is 7.95 Å². The van der Waals surface area contributed by atoms with Gasteiger partial charge in [0.2, 0.25) is 0 Å². The molecule has 0 bridgehead atoms. The summed E-state index contributed by atoms with van der Waals surface area (Å²) in [5.41, 5.74) is 0. The van der Waals surface area contributed by atoms with Crippen LogP contribution in [0.2, 0.25) is 0 Å².